The highest BCUT2D eigenvalue weighted by Crippen LogP contribution is 2.18. The van der Waals surface area contributed by atoms with E-state index in [1.165, 1.54) is 5.56 Å². The predicted octanol–water partition coefficient (Wildman–Crippen LogP) is 3.55. The van der Waals surface area contributed by atoms with Crippen LogP contribution in [0.2, 0.25) is 0 Å². The summed E-state index contributed by atoms with van der Waals surface area (Å²) in [6, 6.07) is 17.6. The van der Waals surface area contributed by atoms with Gasteiger partial charge in [0.1, 0.15) is 12.4 Å². The van der Waals surface area contributed by atoms with E-state index in [0.29, 0.717) is 44.8 Å². The molecule has 170 valence electrons. The van der Waals surface area contributed by atoms with E-state index < -0.39 is 0 Å². The second-order valence-corrected chi connectivity index (χ2v) is 8.48. The first-order chi connectivity index (χ1) is 15.7. The van der Waals surface area contributed by atoms with E-state index in [0.717, 1.165) is 38.0 Å². The second kappa shape index (κ2) is 11.1. The minimum atomic E-state index is 0.00635. The Kier molecular flexibility index (Phi) is 7.77. The lowest BCUT2D eigenvalue weighted by Crippen LogP contribution is -2.50. The van der Waals surface area contributed by atoms with Crippen molar-refractivity contribution in [3.63, 3.8) is 0 Å². The van der Waals surface area contributed by atoms with Gasteiger partial charge in [-0.25, -0.2) is 0 Å². The third-order valence-electron chi connectivity index (χ3n) is 6.18. The Morgan fingerprint density at radius 2 is 1.66 bits per heavy atom. The topological polar surface area (TPSA) is 59.1 Å². The van der Waals surface area contributed by atoms with Gasteiger partial charge in [-0.15, -0.1) is 0 Å². The monoisotopic (exact) mass is 436 g/mol. The molecule has 2 amide bonds. The minimum Gasteiger partial charge on any atom is -0.491 e. The molecular formula is C26H32N2O4. The fraction of sp³-hybridized carbons (Fsp3) is 0.462. The van der Waals surface area contributed by atoms with E-state index in [1.54, 1.807) is 0 Å². The lowest BCUT2D eigenvalue weighted by atomic mass is 10.1. The zero-order valence-electron chi connectivity index (χ0n) is 18.6. The summed E-state index contributed by atoms with van der Waals surface area (Å²) in [6.07, 6.45) is 4.62. The standard InChI is InChI=1S/C26H32N2O4/c29-25(10-4-8-21-6-2-1-3-7-21)27-15-17-28(18-16-27)26(30)22-11-13-23(14-12-22)32-20-24-9-5-19-31-24/h1-3,6-7,11-14,24H,4-5,8-10,15-20H2. The first-order valence-corrected chi connectivity index (χ1v) is 11.6. The Balaban J connectivity index is 1.18. The summed E-state index contributed by atoms with van der Waals surface area (Å²) in [4.78, 5) is 29.1. The van der Waals surface area contributed by atoms with Gasteiger partial charge in [0.05, 0.1) is 6.10 Å². The number of ether oxygens (including phenoxy) is 2. The Morgan fingerprint density at radius 3 is 2.34 bits per heavy atom. The van der Waals surface area contributed by atoms with Crippen molar-refractivity contribution in [3.05, 3.63) is 65.7 Å². The zero-order chi connectivity index (χ0) is 22.2. The van der Waals surface area contributed by atoms with Gasteiger partial charge in [0, 0.05) is 44.8 Å². The maximum Gasteiger partial charge on any atom is 0.253 e. The molecular weight excluding hydrogens is 404 g/mol. The van der Waals surface area contributed by atoms with Gasteiger partial charge in [0.15, 0.2) is 0 Å². The number of rotatable bonds is 8. The Labute approximate surface area is 190 Å². The third kappa shape index (κ3) is 6.10. The molecule has 0 aliphatic carbocycles. The van der Waals surface area contributed by atoms with Gasteiger partial charge in [-0.05, 0) is 55.5 Å². The van der Waals surface area contributed by atoms with Gasteiger partial charge in [-0.2, -0.15) is 0 Å². The van der Waals surface area contributed by atoms with Crippen LogP contribution in [-0.4, -0.2) is 67.1 Å². The molecule has 2 fully saturated rings. The number of carbonyl (C=O) groups is 2. The summed E-state index contributed by atoms with van der Waals surface area (Å²) in [6.45, 7) is 3.70. The van der Waals surface area contributed by atoms with Gasteiger partial charge in [0.2, 0.25) is 5.91 Å². The van der Waals surface area contributed by atoms with Crippen LogP contribution in [0, 0.1) is 0 Å². The fourth-order valence-electron chi connectivity index (χ4n) is 4.25. The van der Waals surface area contributed by atoms with Crippen LogP contribution in [0.25, 0.3) is 0 Å². The van der Waals surface area contributed by atoms with E-state index in [-0.39, 0.29) is 17.9 Å². The lowest BCUT2D eigenvalue weighted by molar-refractivity contribution is -0.132. The predicted molar refractivity (Wildman–Crippen MR) is 123 cm³/mol. The summed E-state index contributed by atoms with van der Waals surface area (Å²) in [5.74, 6) is 0.940. The molecule has 6 heteroatoms. The van der Waals surface area contributed by atoms with E-state index in [1.807, 2.05) is 52.3 Å². The Hall–Kier alpha value is -2.86. The highest BCUT2D eigenvalue weighted by Gasteiger charge is 2.24. The van der Waals surface area contributed by atoms with Gasteiger partial charge in [-0.1, -0.05) is 30.3 Å². The molecule has 2 aliphatic heterocycles. The first-order valence-electron chi connectivity index (χ1n) is 11.6. The number of hydrogen-bond donors (Lipinski definition) is 0. The van der Waals surface area contributed by atoms with Crippen molar-refractivity contribution >= 4 is 11.8 Å². The number of nitrogens with zero attached hydrogens (tertiary/aromatic N) is 2. The van der Waals surface area contributed by atoms with Crippen molar-refractivity contribution in [2.24, 2.45) is 0 Å². The average Bonchev–Trinajstić information content (AvgIpc) is 3.37. The second-order valence-electron chi connectivity index (χ2n) is 8.48. The molecule has 0 bridgehead atoms. The number of piperazine rings is 1. The SMILES string of the molecule is O=C(CCCc1ccccc1)N1CCN(C(=O)c2ccc(OCC3CCCO3)cc2)CC1. The highest BCUT2D eigenvalue weighted by atomic mass is 16.5. The van der Waals surface area contributed by atoms with Crippen molar-refractivity contribution in [2.75, 3.05) is 39.4 Å². The van der Waals surface area contributed by atoms with Crippen LogP contribution < -0.4 is 4.74 Å². The van der Waals surface area contributed by atoms with Crippen LogP contribution in [0.15, 0.2) is 54.6 Å². The van der Waals surface area contributed by atoms with Crippen molar-refractivity contribution in [3.8, 4) is 5.75 Å². The van der Waals surface area contributed by atoms with Crippen LogP contribution in [0.3, 0.4) is 0 Å². The molecule has 0 N–H and O–H groups in total. The number of carbonyl (C=O) groups excluding carboxylic acids is 2. The van der Waals surface area contributed by atoms with Crippen molar-refractivity contribution in [2.45, 2.75) is 38.2 Å². The largest absolute Gasteiger partial charge is 0.491 e. The molecule has 2 heterocycles. The van der Waals surface area contributed by atoms with Gasteiger partial charge in [-0.3, -0.25) is 9.59 Å². The molecule has 4 rings (SSSR count). The number of aryl methyl sites for hydroxylation is 1. The normalized spacial score (nSPS) is 18.6. The van der Waals surface area contributed by atoms with E-state index in [4.69, 9.17) is 9.47 Å². The van der Waals surface area contributed by atoms with Gasteiger partial charge in [0.25, 0.3) is 5.91 Å². The van der Waals surface area contributed by atoms with Crippen LogP contribution in [0.4, 0.5) is 0 Å². The Morgan fingerprint density at radius 1 is 0.938 bits per heavy atom. The number of hydrogen-bond acceptors (Lipinski definition) is 4. The summed E-state index contributed by atoms with van der Waals surface area (Å²) < 4.78 is 11.3. The molecule has 0 saturated carbocycles. The first kappa shape index (κ1) is 22.3. The molecule has 2 saturated heterocycles. The van der Waals surface area contributed by atoms with Gasteiger partial charge < -0.3 is 19.3 Å². The molecule has 32 heavy (non-hydrogen) atoms. The van der Waals surface area contributed by atoms with Crippen molar-refractivity contribution in [1.29, 1.82) is 0 Å². The summed E-state index contributed by atoms with van der Waals surface area (Å²) in [5.41, 5.74) is 1.91. The lowest BCUT2D eigenvalue weighted by Gasteiger charge is -2.35. The molecule has 1 atom stereocenters. The number of benzene rings is 2. The summed E-state index contributed by atoms with van der Waals surface area (Å²) >= 11 is 0. The van der Waals surface area contributed by atoms with E-state index >= 15 is 0 Å². The molecule has 2 aromatic rings. The molecule has 0 spiro atoms. The summed E-state index contributed by atoms with van der Waals surface area (Å²) in [7, 11) is 0. The van der Waals surface area contributed by atoms with Crippen LogP contribution >= 0.6 is 0 Å². The van der Waals surface area contributed by atoms with E-state index in [9.17, 15) is 9.59 Å². The third-order valence-corrected chi connectivity index (χ3v) is 6.18. The molecule has 2 aliphatic rings. The van der Waals surface area contributed by atoms with Crippen LogP contribution in [-0.2, 0) is 16.0 Å². The molecule has 0 aromatic heterocycles. The smallest absolute Gasteiger partial charge is 0.253 e. The van der Waals surface area contributed by atoms with Gasteiger partial charge >= 0.3 is 0 Å². The molecule has 0 radical (unpaired) electrons. The maximum atomic E-state index is 12.8. The summed E-state index contributed by atoms with van der Waals surface area (Å²) in [5, 5.41) is 0. The van der Waals surface area contributed by atoms with Crippen LogP contribution in [0.5, 0.6) is 5.75 Å². The van der Waals surface area contributed by atoms with Crippen molar-refractivity contribution < 1.29 is 19.1 Å². The van der Waals surface area contributed by atoms with Crippen molar-refractivity contribution in [1.82, 2.24) is 9.80 Å². The highest BCUT2D eigenvalue weighted by molar-refractivity contribution is 5.94. The number of amides is 2. The minimum absolute atomic E-state index is 0.00635. The van der Waals surface area contributed by atoms with E-state index in [2.05, 4.69) is 12.1 Å². The molecule has 1 unspecified atom stereocenters. The zero-order valence-corrected chi connectivity index (χ0v) is 18.6. The average molecular weight is 437 g/mol. The quantitative estimate of drug-likeness (QED) is 0.635. The maximum absolute atomic E-state index is 12.8. The Bertz CT molecular complexity index is 870. The van der Waals surface area contributed by atoms with Crippen LogP contribution in [0.1, 0.15) is 41.6 Å². The molecule has 2 aromatic carbocycles. The molecule has 6 nitrogen and oxygen atoms in total. The fourth-order valence-corrected chi connectivity index (χ4v) is 4.25.